The van der Waals surface area contributed by atoms with E-state index < -0.39 is 22.3 Å². The Morgan fingerprint density at radius 1 is 0.696 bits per heavy atom. The molecule has 2 aromatic carbocycles. The highest BCUT2D eigenvalue weighted by molar-refractivity contribution is 6.64. The normalized spacial score (nSPS) is 13.3. The first-order valence-electron chi connectivity index (χ1n) is 7.53. The lowest BCUT2D eigenvalue weighted by atomic mass is 9.87. The van der Waals surface area contributed by atoms with Gasteiger partial charge in [-0.15, -0.1) is 0 Å². The fraction of sp³-hybridized carbons (Fsp3) is 0.263. The zero-order valence-corrected chi connectivity index (χ0v) is 14.1. The summed E-state index contributed by atoms with van der Waals surface area (Å²) >= 11 is 11.5. The van der Waals surface area contributed by atoms with E-state index in [4.69, 9.17) is 23.2 Å². The molecule has 0 aliphatic carbocycles. The van der Waals surface area contributed by atoms with Gasteiger partial charge in [-0.2, -0.15) is 0 Å². The molecule has 0 aromatic heterocycles. The Morgan fingerprint density at radius 2 is 1.04 bits per heavy atom. The molecular formula is C19H18Cl2O2. The maximum atomic E-state index is 11.8. The zero-order valence-electron chi connectivity index (χ0n) is 12.6. The number of hydrogen-bond donors (Lipinski definition) is 0. The summed E-state index contributed by atoms with van der Waals surface area (Å²) in [6.07, 6.45) is 1.38. The quantitative estimate of drug-likeness (QED) is 0.652. The number of hydrogen-bond acceptors (Lipinski definition) is 2. The van der Waals surface area contributed by atoms with Crippen LogP contribution in [-0.4, -0.2) is 10.5 Å². The average Bonchev–Trinajstić information content (AvgIpc) is 2.55. The van der Waals surface area contributed by atoms with Crippen LogP contribution in [0.1, 0.15) is 17.5 Å². The van der Waals surface area contributed by atoms with Crippen molar-refractivity contribution in [3.63, 3.8) is 0 Å². The van der Waals surface area contributed by atoms with Crippen LogP contribution in [0.5, 0.6) is 0 Å². The summed E-state index contributed by atoms with van der Waals surface area (Å²) in [5.74, 6) is -0.842. The first-order valence-corrected chi connectivity index (χ1v) is 8.28. The molecule has 2 rings (SSSR count). The fourth-order valence-electron chi connectivity index (χ4n) is 2.65. The van der Waals surface area contributed by atoms with E-state index in [-0.39, 0.29) is 0 Å². The molecule has 4 heteroatoms. The summed E-state index contributed by atoms with van der Waals surface area (Å²) in [5, 5.41) is -0.852. The number of benzene rings is 2. The van der Waals surface area contributed by atoms with Gasteiger partial charge in [0.05, 0.1) is 0 Å². The van der Waals surface area contributed by atoms with Gasteiger partial charge >= 0.3 is 0 Å². The summed E-state index contributed by atoms with van der Waals surface area (Å²) in [6.45, 7) is 0. The second kappa shape index (κ2) is 8.85. The minimum absolute atomic E-state index is 0.356. The van der Waals surface area contributed by atoms with Gasteiger partial charge in [0.15, 0.2) is 0 Å². The Morgan fingerprint density at radius 3 is 1.35 bits per heavy atom. The van der Waals surface area contributed by atoms with Crippen molar-refractivity contribution in [1.29, 1.82) is 0 Å². The topological polar surface area (TPSA) is 34.1 Å². The molecular weight excluding hydrogens is 331 g/mol. The molecule has 0 N–H and O–H groups in total. The molecule has 0 fully saturated rings. The van der Waals surface area contributed by atoms with Crippen LogP contribution in [0.25, 0.3) is 0 Å². The van der Waals surface area contributed by atoms with Crippen LogP contribution in [0.3, 0.4) is 0 Å². The van der Waals surface area contributed by atoms with Crippen molar-refractivity contribution in [3.8, 4) is 0 Å². The van der Waals surface area contributed by atoms with Crippen LogP contribution in [-0.2, 0) is 22.4 Å². The van der Waals surface area contributed by atoms with E-state index in [9.17, 15) is 9.59 Å². The highest BCUT2D eigenvalue weighted by atomic mass is 35.5. The third-order valence-corrected chi connectivity index (χ3v) is 4.48. The van der Waals surface area contributed by atoms with Crippen LogP contribution in [0, 0.1) is 11.8 Å². The van der Waals surface area contributed by atoms with Crippen LogP contribution in [0.2, 0.25) is 0 Å². The molecule has 0 bridgehead atoms. The van der Waals surface area contributed by atoms with E-state index in [1.165, 1.54) is 0 Å². The first-order chi connectivity index (χ1) is 11.1. The number of carbonyl (C=O) groups excluding carboxylic acids is 2. The van der Waals surface area contributed by atoms with Gasteiger partial charge in [-0.3, -0.25) is 9.59 Å². The molecule has 0 spiro atoms. The zero-order chi connectivity index (χ0) is 16.7. The summed E-state index contributed by atoms with van der Waals surface area (Å²) in [4.78, 5) is 23.5. The van der Waals surface area contributed by atoms with Gasteiger partial charge in [-0.05, 0) is 53.6 Å². The van der Waals surface area contributed by atoms with Crippen molar-refractivity contribution < 1.29 is 9.59 Å². The summed E-state index contributed by atoms with van der Waals surface area (Å²) in [6, 6.07) is 19.3. The number of carbonyl (C=O) groups is 2. The number of rotatable bonds is 8. The Balaban J connectivity index is 2.08. The minimum Gasteiger partial charge on any atom is -0.281 e. The van der Waals surface area contributed by atoms with Gasteiger partial charge in [-0.25, -0.2) is 0 Å². The SMILES string of the molecule is O=C(Cl)C(Cc1ccccc1)CC(Cc1ccccc1)C(=O)Cl. The Labute approximate surface area is 146 Å². The average molecular weight is 349 g/mol. The Bertz CT molecular complexity index is 583. The maximum Gasteiger partial charge on any atom is 0.225 e. The van der Waals surface area contributed by atoms with Gasteiger partial charge in [0.1, 0.15) is 0 Å². The molecule has 0 aliphatic heterocycles. The van der Waals surface area contributed by atoms with Crippen molar-refractivity contribution in [2.75, 3.05) is 0 Å². The van der Waals surface area contributed by atoms with E-state index in [0.717, 1.165) is 11.1 Å². The predicted octanol–water partition coefficient (Wildman–Crippen LogP) is 4.63. The molecule has 2 unspecified atom stereocenters. The van der Waals surface area contributed by atoms with Crippen LogP contribution in [0.4, 0.5) is 0 Å². The second-order valence-electron chi connectivity index (χ2n) is 5.62. The van der Waals surface area contributed by atoms with E-state index in [2.05, 4.69) is 0 Å². The van der Waals surface area contributed by atoms with Crippen molar-refractivity contribution >= 4 is 33.7 Å². The molecule has 0 saturated heterocycles. The van der Waals surface area contributed by atoms with Crippen LogP contribution >= 0.6 is 23.2 Å². The van der Waals surface area contributed by atoms with Crippen molar-refractivity contribution in [1.82, 2.24) is 0 Å². The molecule has 0 amide bonds. The smallest absolute Gasteiger partial charge is 0.225 e. The fourth-order valence-corrected chi connectivity index (χ4v) is 2.99. The summed E-state index contributed by atoms with van der Waals surface area (Å²) < 4.78 is 0. The van der Waals surface area contributed by atoms with E-state index in [1.807, 2.05) is 60.7 Å². The third-order valence-electron chi connectivity index (χ3n) is 3.86. The second-order valence-corrected chi connectivity index (χ2v) is 6.36. The highest BCUT2D eigenvalue weighted by Crippen LogP contribution is 2.24. The van der Waals surface area contributed by atoms with Gasteiger partial charge in [0.2, 0.25) is 10.5 Å². The summed E-state index contributed by atoms with van der Waals surface area (Å²) in [7, 11) is 0. The van der Waals surface area contributed by atoms with Crippen LogP contribution < -0.4 is 0 Å². The highest BCUT2D eigenvalue weighted by Gasteiger charge is 2.26. The molecule has 0 radical (unpaired) electrons. The van der Waals surface area contributed by atoms with Crippen molar-refractivity contribution in [3.05, 3.63) is 71.8 Å². The van der Waals surface area contributed by atoms with Gasteiger partial charge in [0.25, 0.3) is 0 Å². The van der Waals surface area contributed by atoms with Crippen LogP contribution in [0.15, 0.2) is 60.7 Å². The molecule has 120 valence electrons. The largest absolute Gasteiger partial charge is 0.281 e. The lowest BCUT2D eigenvalue weighted by Gasteiger charge is -2.18. The number of halogens is 2. The molecule has 23 heavy (non-hydrogen) atoms. The van der Waals surface area contributed by atoms with Crippen molar-refractivity contribution in [2.45, 2.75) is 19.3 Å². The van der Waals surface area contributed by atoms with Gasteiger partial charge in [-0.1, -0.05) is 60.7 Å². The lowest BCUT2D eigenvalue weighted by molar-refractivity contribution is -0.118. The third kappa shape index (κ3) is 5.81. The molecule has 0 heterocycles. The minimum atomic E-state index is -0.426. The molecule has 2 aromatic rings. The monoisotopic (exact) mass is 348 g/mol. The van der Waals surface area contributed by atoms with E-state index >= 15 is 0 Å². The predicted molar refractivity (Wildman–Crippen MR) is 93.6 cm³/mol. The van der Waals surface area contributed by atoms with Crippen molar-refractivity contribution in [2.24, 2.45) is 11.8 Å². The Kier molecular flexibility index (Phi) is 6.82. The standard InChI is InChI=1S/C19H18Cl2O2/c20-18(22)16(11-14-7-3-1-4-8-14)13-17(19(21)23)12-15-9-5-2-6-10-15/h1-10,16-17H,11-13H2. The van der Waals surface area contributed by atoms with Gasteiger partial charge < -0.3 is 0 Å². The maximum absolute atomic E-state index is 11.8. The lowest BCUT2D eigenvalue weighted by Crippen LogP contribution is -2.22. The van der Waals surface area contributed by atoms with E-state index in [0.29, 0.717) is 19.3 Å². The molecule has 2 atom stereocenters. The molecule has 0 aliphatic rings. The van der Waals surface area contributed by atoms with Gasteiger partial charge in [0, 0.05) is 11.8 Å². The molecule has 2 nitrogen and oxygen atoms in total. The first kappa shape index (κ1) is 17.7. The Hall–Kier alpha value is -1.64. The summed E-state index contributed by atoms with van der Waals surface area (Å²) in [5.41, 5.74) is 2.04. The molecule has 0 saturated carbocycles. The van der Waals surface area contributed by atoms with E-state index in [1.54, 1.807) is 0 Å².